The van der Waals surface area contributed by atoms with Gasteiger partial charge in [0.15, 0.2) is 0 Å². The monoisotopic (exact) mass is 529 g/mol. The van der Waals surface area contributed by atoms with Crippen LogP contribution in [0.5, 0.6) is 0 Å². The van der Waals surface area contributed by atoms with Gasteiger partial charge in [0.25, 0.3) is 11.8 Å². The van der Waals surface area contributed by atoms with Gasteiger partial charge in [-0.1, -0.05) is 28.1 Å². The lowest BCUT2D eigenvalue weighted by molar-refractivity contribution is 0.0584. The van der Waals surface area contributed by atoms with Gasteiger partial charge in [0, 0.05) is 40.5 Å². The molecule has 0 radical (unpaired) electrons. The van der Waals surface area contributed by atoms with Crippen molar-refractivity contribution in [3.8, 4) is 0 Å². The first-order valence-electron chi connectivity index (χ1n) is 11.9. The lowest BCUT2D eigenvalue weighted by Crippen LogP contribution is -2.45. The average Bonchev–Trinajstić information content (AvgIpc) is 3.66. The van der Waals surface area contributed by atoms with Crippen molar-refractivity contribution >= 4 is 50.1 Å². The highest BCUT2D eigenvalue weighted by Gasteiger charge is 2.39. The molecule has 3 aliphatic rings. The van der Waals surface area contributed by atoms with E-state index in [0.717, 1.165) is 46.8 Å². The second-order valence-corrected chi connectivity index (χ2v) is 10.5. The van der Waals surface area contributed by atoms with E-state index in [-0.39, 0.29) is 29.7 Å². The second-order valence-electron chi connectivity index (χ2n) is 9.60. The van der Waals surface area contributed by atoms with E-state index in [1.807, 2.05) is 24.4 Å². The third-order valence-electron chi connectivity index (χ3n) is 7.07. The van der Waals surface area contributed by atoms with E-state index in [2.05, 4.69) is 26.2 Å². The van der Waals surface area contributed by atoms with Crippen molar-refractivity contribution in [2.45, 2.75) is 31.7 Å². The molecule has 0 spiro atoms. The van der Waals surface area contributed by atoms with Crippen molar-refractivity contribution in [2.24, 2.45) is 11.8 Å². The summed E-state index contributed by atoms with van der Waals surface area (Å²) < 4.78 is 0.941. The number of hydrogen-bond acceptors (Lipinski definition) is 6. The Bertz CT molecular complexity index is 1370. The molecule has 3 aromatic rings. The summed E-state index contributed by atoms with van der Waals surface area (Å²) in [6.07, 6.45) is 7.46. The number of nitrogens with zero attached hydrogens (tertiary/aromatic N) is 3. The highest BCUT2D eigenvalue weighted by atomic mass is 79.9. The molecule has 0 bridgehead atoms. The molecule has 2 amide bonds. The molecule has 2 saturated carbocycles. The minimum atomic E-state index is -0.191. The van der Waals surface area contributed by atoms with Crippen LogP contribution in [0.4, 0.5) is 0 Å². The number of carbonyl (C=O) groups excluding carboxylic acids is 2. The first kappa shape index (κ1) is 22.1. The van der Waals surface area contributed by atoms with Crippen LogP contribution < -0.4 is 5.32 Å². The van der Waals surface area contributed by atoms with Crippen molar-refractivity contribution in [3.63, 3.8) is 0 Å². The van der Waals surface area contributed by atoms with Crippen molar-refractivity contribution in [1.29, 1.82) is 5.41 Å². The molecule has 176 valence electrons. The maximum atomic E-state index is 12.6. The molecule has 7 nitrogen and oxygen atoms in total. The maximum absolute atomic E-state index is 12.6. The van der Waals surface area contributed by atoms with Crippen molar-refractivity contribution in [2.75, 3.05) is 6.54 Å². The van der Waals surface area contributed by atoms with E-state index in [1.54, 1.807) is 30.5 Å². The van der Waals surface area contributed by atoms with Gasteiger partial charge >= 0.3 is 0 Å². The average molecular weight is 530 g/mol. The molecular formula is C27H24BrN5O2. The fraction of sp³-hybridized carbons (Fsp3) is 0.296. The standard InChI is InChI=1S/C27H24BrN5O2/c28-17-7-8-22-23(11-17)32-24(13-31-22)21(25(29)16-5-6-16)12-30-18-9-15(10-18)14-33-26(34)19-3-1-2-4-20(19)27(33)35/h1-4,7-8,11-13,15-16,18,29-30H,5-6,9-10,14H2/b21-12-,29-25?. The summed E-state index contributed by atoms with van der Waals surface area (Å²) >= 11 is 3.49. The molecule has 1 aliphatic heterocycles. The molecule has 2 aromatic carbocycles. The molecule has 0 unspecified atom stereocenters. The predicted octanol–water partition coefficient (Wildman–Crippen LogP) is 4.83. The SMILES string of the molecule is N=C(/C(=C\NC1CC(CN2C(=O)c3ccccc3C2=O)C1)c1cnc2ccc(Br)cc2n1)C1CC1. The largest absolute Gasteiger partial charge is 0.388 e. The first-order valence-corrected chi connectivity index (χ1v) is 12.7. The molecule has 2 aliphatic carbocycles. The van der Waals surface area contributed by atoms with Gasteiger partial charge in [0.05, 0.1) is 34.1 Å². The molecule has 8 heteroatoms. The minimum absolute atomic E-state index is 0.191. The van der Waals surface area contributed by atoms with Crippen LogP contribution in [0.3, 0.4) is 0 Å². The molecular weight excluding hydrogens is 506 g/mol. The van der Waals surface area contributed by atoms with Gasteiger partial charge in [-0.15, -0.1) is 0 Å². The van der Waals surface area contributed by atoms with Gasteiger partial charge in [0.2, 0.25) is 0 Å². The second kappa shape index (κ2) is 8.68. The number of benzene rings is 2. The summed E-state index contributed by atoms with van der Waals surface area (Å²) in [4.78, 5) is 36.0. The molecule has 35 heavy (non-hydrogen) atoms. The van der Waals surface area contributed by atoms with Crippen LogP contribution in [-0.4, -0.2) is 45.0 Å². The number of aromatic nitrogens is 2. The number of amides is 2. The molecule has 1 aromatic heterocycles. The van der Waals surface area contributed by atoms with Gasteiger partial charge in [0.1, 0.15) is 0 Å². The molecule has 6 rings (SSSR count). The lowest BCUT2D eigenvalue weighted by atomic mass is 9.80. The molecule has 0 atom stereocenters. The Morgan fingerprint density at radius 1 is 1.09 bits per heavy atom. The maximum Gasteiger partial charge on any atom is 0.261 e. The number of rotatable bonds is 7. The molecule has 2 fully saturated rings. The topological polar surface area (TPSA) is 99.0 Å². The zero-order valence-corrected chi connectivity index (χ0v) is 20.6. The highest BCUT2D eigenvalue weighted by molar-refractivity contribution is 9.10. The van der Waals surface area contributed by atoms with Crippen LogP contribution in [0.15, 0.2) is 59.3 Å². The van der Waals surface area contributed by atoms with Gasteiger partial charge in [-0.05, 0) is 61.9 Å². The summed E-state index contributed by atoms with van der Waals surface area (Å²) in [5.41, 5.74) is 4.69. The van der Waals surface area contributed by atoms with Gasteiger partial charge in [-0.2, -0.15) is 0 Å². The van der Waals surface area contributed by atoms with Gasteiger partial charge in [-0.3, -0.25) is 19.5 Å². The van der Waals surface area contributed by atoms with Crippen molar-refractivity contribution in [3.05, 3.63) is 76.2 Å². The lowest BCUT2D eigenvalue weighted by Gasteiger charge is -2.37. The van der Waals surface area contributed by atoms with Crippen LogP contribution in [0, 0.1) is 17.2 Å². The van der Waals surface area contributed by atoms with Crippen LogP contribution in [0.1, 0.15) is 52.1 Å². The van der Waals surface area contributed by atoms with Crippen LogP contribution in [0.2, 0.25) is 0 Å². The fourth-order valence-corrected chi connectivity index (χ4v) is 5.23. The zero-order chi connectivity index (χ0) is 24.1. The first-order chi connectivity index (χ1) is 17.0. The smallest absolute Gasteiger partial charge is 0.261 e. The summed E-state index contributed by atoms with van der Waals surface area (Å²) in [5.74, 6) is 0.172. The number of hydrogen-bond donors (Lipinski definition) is 2. The summed E-state index contributed by atoms with van der Waals surface area (Å²) in [5, 5.41) is 12.2. The van der Waals surface area contributed by atoms with Gasteiger partial charge < -0.3 is 10.7 Å². The quantitative estimate of drug-likeness (QED) is 0.337. The Labute approximate surface area is 211 Å². The van der Waals surface area contributed by atoms with Crippen LogP contribution >= 0.6 is 15.9 Å². The van der Waals surface area contributed by atoms with E-state index in [9.17, 15) is 9.59 Å². The van der Waals surface area contributed by atoms with Crippen molar-refractivity contribution < 1.29 is 9.59 Å². The number of fused-ring (bicyclic) bond motifs is 2. The third-order valence-corrected chi connectivity index (χ3v) is 7.57. The molecule has 2 heterocycles. The van der Waals surface area contributed by atoms with E-state index in [1.165, 1.54) is 4.90 Å². The predicted molar refractivity (Wildman–Crippen MR) is 137 cm³/mol. The molecule has 0 saturated heterocycles. The van der Waals surface area contributed by atoms with Crippen LogP contribution in [-0.2, 0) is 0 Å². The van der Waals surface area contributed by atoms with E-state index < -0.39 is 0 Å². The normalized spacial score (nSPS) is 21.7. The number of halogens is 1. The van der Waals surface area contributed by atoms with Crippen molar-refractivity contribution in [1.82, 2.24) is 20.2 Å². The third kappa shape index (κ3) is 4.16. The Hall–Kier alpha value is -3.39. The van der Waals surface area contributed by atoms with E-state index in [0.29, 0.717) is 29.1 Å². The molecule has 2 N–H and O–H groups in total. The highest BCUT2D eigenvalue weighted by Crippen LogP contribution is 2.36. The van der Waals surface area contributed by atoms with Crippen LogP contribution in [0.25, 0.3) is 16.6 Å². The summed E-state index contributed by atoms with van der Waals surface area (Å²) in [7, 11) is 0. The Balaban J connectivity index is 1.13. The Morgan fingerprint density at radius 2 is 1.80 bits per heavy atom. The fourth-order valence-electron chi connectivity index (χ4n) is 4.88. The number of imide groups is 1. The number of allylic oxidation sites excluding steroid dienone is 1. The Kier molecular flexibility index (Phi) is 5.48. The van der Waals surface area contributed by atoms with Gasteiger partial charge in [-0.25, -0.2) is 4.98 Å². The number of nitrogens with one attached hydrogen (secondary N) is 2. The number of carbonyl (C=O) groups is 2. The zero-order valence-electron chi connectivity index (χ0n) is 19.0. The minimum Gasteiger partial charge on any atom is -0.388 e. The Morgan fingerprint density at radius 3 is 2.49 bits per heavy atom. The van der Waals surface area contributed by atoms with E-state index in [4.69, 9.17) is 10.4 Å². The summed E-state index contributed by atoms with van der Waals surface area (Å²) in [6.45, 7) is 0.448. The van der Waals surface area contributed by atoms with E-state index >= 15 is 0 Å². The summed E-state index contributed by atoms with van der Waals surface area (Å²) in [6, 6.07) is 13.1.